The Morgan fingerprint density at radius 1 is 1.19 bits per heavy atom. The molecule has 0 saturated carbocycles. The van der Waals surface area contributed by atoms with Gasteiger partial charge in [-0.05, 0) is 53.1 Å². The van der Waals surface area contributed by atoms with Crippen molar-refractivity contribution in [3.05, 3.63) is 0 Å². The largest absolute Gasteiger partial charge is 0.355 e. The second kappa shape index (κ2) is 7.99. The maximum Gasteiger partial charge on any atom is 0.191 e. The van der Waals surface area contributed by atoms with Crippen molar-refractivity contribution in [1.82, 2.24) is 20.4 Å². The first kappa shape index (κ1) is 16.6. The van der Waals surface area contributed by atoms with E-state index in [4.69, 9.17) is 0 Å². The monoisotopic (exact) mass is 295 g/mol. The molecule has 0 radical (unpaired) electrons. The predicted molar refractivity (Wildman–Crippen MR) is 89.9 cm³/mol. The van der Waals surface area contributed by atoms with Crippen molar-refractivity contribution in [3.63, 3.8) is 0 Å². The average Bonchev–Trinajstić information content (AvgIpc) is 2.89. The van der Waals surface area contributed by atoms with Crippen molar-refractivity contribution in [3.8, 4) is 0 Å². The highest BCUT2D eigenvalue weighted by Crippen LogP contribution is 2.14. The Bertz CT molecular complexity index is 334. The number of nitrogens with one attached hydrogen (secondary N) is 2. The number of hydrogen-bond donors (Lipinski definition) is 2. The molecule has 0 amide bonds. The van der Waals surface area contributed by atoms with Gasteiger partial charge in [-0.1, -0.05) is 0 Å². The lowest BCUT2D eigenvalue weighted by atomic mass is 10.0. The first-order valence-corrected chi connectivity index (χ1v) is 8.51. The highest BCUT2D eigenvalue weighted by atomic mass is 15.2. The first-order valence-electron chi connectivity index (χ1n) is 8.51. The minimum absolute atomic E-state index is 0.563. The summed E-state index contributed by atoms with van der Waals surface area (Å²) in [5.41, 5.74) is 0. The molecule has 0 spiro atoms. The molecule has 2 saturated heterocycles. The maximum atomic E-state index is 4.38. The molecule has 21 heavy (non-hydrogen) atoms. The Morgan fingerprint density at radius 3 is 2.43 bits per heavy atom. The van der Waals surface area contributed by atoms with Crippen LogP contribution >= 0.6 is 0 Å². The quantitative estimate of drug-likeness (QED) is 0.602. The van der Waals surface area contributed by atoms with Gasteiger partial charge in [0, 0.05) is 44.8 Å². The Kier molecular flexibility index (Phi) is 6.30. The van der Waals surface area contributed by atoms with Crippen LogP contribution in [0.15, 0.2) is 4.99 Å². The zero-order valence-electron chi connectivity index (χ0n) is 14.2. The van der Waals surface area contributed by atoms with Crippen LogP contribution in [0.3, 0.4) is 0 Å². The van der Waals surface area contributed by atoms with Crippen LogP contribution in [-0.2, 0) is 0 Å². The van der Waals surface area contributed by atoms with E-state index in [0.717, 1.165) is 12.5 Å². The van der Waals surface area contributed by atoms with Gasteiger partial charge in [-0.2, -0.15) is 0 Å². The summed E-state index contributed by atoms with van der Waals surface area (Å²) in [6.07, 6.45) is 5.04. The van der Waals surface area contributed by atoms with Gasteiger partial charge in [0.25, 0.3) is 0 Å². The molecule has 5 heteroatoms. The highest BCUT2D eigenvalue weighted by Gasteiger charge is 2.23. The molecule has 5 nitrogen and oxygen atoms in total. The standard InChI is InChI=1S/C16H33N5/c1-13(2)21-10-7-14(8-11-21)19-16(17-3)18-12-15-6-5-9-20(15)4/h13-15H,5-12H2,1-4H3,(H2,17,18,19). The van der Waals surface area contributed by atoms with Crippen LogP contribution < -0.4 is 10.6 Å². The van der Waals surface area contributed by atoms with E-state index in [1.54, 1.807) is 0 Å². The fourth-order valence-corrected chi connectivity index (χ4v) is 3.40. The third kappa shape index (κ3) is 4.85. The lowest BCUT2D eigenvalue weighted by Gasteiger charge is -2.35. The SMILES string of the molecule is CN=C(NCC1CCCN1C)NC1CCN(C(C)C)CC1. The second-order valence-electron chi connectivity index (χ2n) is 6.78. The van der Waals surface area contributed by atoms with Crippen LogP contribution in [0, 0.1) is 0 Å². The van der Waals surface area contributed by atoms with Crippen LogP contribution in [0.25, 0.3) is 0 Å². The van der Waals surface area contributed by atoms with Crippen molar-refractivity contribution >= 4 is 5.96 Å². The van der Waals surface area contributed by atoms with Crippen LogP contribution in [-0.4, -0.2) is 74.2 Å². The maximum absolute atomic E-state index is 4.38. The fourth-order valence-electron chi connectivity index (χ4n) is 3.40. The molecule has 122 valence electrons. The fraction of sp³-hybridized carbons (Fsp3) is 0.938. The summed E-state index contributed by atoms with van der Waals surface area (Å²) >= 11 is 0. The minimum atomic E-state index is 0.563. The minimum Gasteiger partial charge on any atom is -0.355 e. The molecular formula is C16H33N5. The zero-order chi connectivity index (χ0) is 15.2. The molecule has 0 aromatic heterocycles. The molecule has 2 N–H and O–H groups in total. The summed E-state index contributed by atoms with van der Waals surface area (Å²) in [5.74, 6) is 0.971. The van der Waals surface area contributed by atoms with Gasteiger partial charge in [0.15, 0.2) is 5.96 Å². The van der Waals surface area contributed by atoms with E-state index >= 15 is 0 Å². The van der Waals surface area contributed by atoms with Gasteiger partial charge < -0.3 is 20.4 Å². The van der Waals surface area contributed by atoms with Crippen LogP contribution in [0.5, 0.6) is 0 Å². The predicted octanol–water partition coefficient (Wildman–Crippen LogP) is 1.12. The van der Waals surface area contributed by atoms with Gasteiger partial charge in [-0.3, -0.25) is 4.99 Å². The number of hydrogen-bond acceptors (Lipinski definition) is 3. The third-order valence-corrected chi connectivity index (χ3v) is 5.00. The van der Waals surface area contributed by atoms with E-state index < -0.39 is 0 Å². The lowest BCUT2D eigenvalue weighted by molar-refractivity contribution is 0.167. The van der Waals surface area contributed by atoms with Crippen molar-refractivity contribution in [2.75, 3.05) is 40.3 Å². The average molecular weight is 295 g/mol. The van der Waals surface area contributed by atoms with Gasteiger partial charge >= 0.3 is 0 Å². The van der Waals surface area contributed by atoms with E-state index in [9.17, 15) is 0 Å². The zero-order valence-corrected chi connectivity index (χ0v) is 14.2. The van der Waals surface area contributed by atoms with Gasteiger partial charge in [0.05, 0.1) is 0 Å². The first-order chi connectivity index (χ1) is 10.1. The number of aliphatic imine (C=N–C) groups is 1. The highest BCUT2D eigenvalue weighted by molar-refractivity contribution is 5.80. The molecule has 1 unspecified atom stereocenters. The normalized spacial score (nSPS) is 26.5. The molecule has 0 bridgehead atoms. The summed E-state index contributed by atoms with van der Waals surface area (Å²) in [4.78, 5) is 9.39. The van der Waals surface area contributed by atoms with Gasteiger partial charge in [-0.25, -0.2) is 0 Å². The Hall–Kier alpha value is -0.810. The van der Waals surface area contributed by atoms with Crippen molar-refractivity contribution in [2.45, 2.75) is 57.7 Å². The number of guanidine groups is 1. The van der Waals surface area contributed by atoms with Gasteiger partial charge in [0.1, 0.15) is 0 Å². The summed E-state index contributed by atoms with van der Waals surface area (Å²) in [6.45, 7) is 9.18. The molecule has 1 atom stereocenters. The Labute approximate surface area is 130 Å². The number of likely N-dealkylation sites (N-methyl/N-ethyl adjacent to an activating group) is 1. The molecule has 2 heterocycles. The van der Waals surface area contributed by atoms with Crippen molar-refractivity contribution in [2.24, 2.45) is 4.99 Å². The summed E-state index contributed by atoms with van der Waals surface area (Å²) < 4.78 is 0. The molecule has 2 aliphatic rings. The topological polar surface area (TPSA) is 42.9 Å². The van der Waals surface area contributed by atoms with Crippen LogP contribution in [0.1, 0.15) is 39.5 Å². The van der Waals surface area contributed by atoms with Crippen molar-refractivity contribution in [1.29, 1.82) is 0 Å². The summed E-state index contributed by atoms with van der Waals surface area (Å²) in [5, 5.41) is 7.10. The number of likely N-dealkylation sites (tertiary alicyclic amines) is 2. The molecule has 2 rings (SSSR count). The van der Waals surface area contributed by atoms with E-state index in [1.165, 1.54) is 45.3 Å². The molecule has 0 aromatic rings. The Morgan fingerprint density at radius 2 is 1.90 bits per heavy atom. The molecular weight excluding hydrogens is 262 g/mol. The van der Waals surface area contributed by atoms with E-state index in [1.807, 2.05) is 7.05 Å². The molecule has 2 fully saturated rings. The lowest BCUT2D eigenvalue weighted by Crippen LogP contribution is -2.51. The summed E-state index contributed by atoms with van der Waals surface area (Å²) in [6, 6.07) is 1.89. The van der Waals surface area contributed by atoms with E-state index in [2.05, 4.69) is 46.3 Å². The second-order valence-corrected chi connectivity index (χ2v) is 6.78. The van der Waals surface area contributed by atoms with Crippen LogP contribution in [0.2, 0.25) is 0 Å². The van der Waals surface area contributed by atoms with Gasteiger partial charge in [0.2, 0.25) is 0 Å². The summed E-state index contributed by atoms with van der Waals surface area (Å²) in [7, 11) is 4.09. The smallest absolute Gasteiger partial charge is 0.191 e. The van der Waals surface area contributed by atoms with E-state index in [-0.39, 0.29) is 0 Å². The number of nitrogens with zero attached hydrogens (tertiary/aromatic N) is 3. The van der Waals surface area contributed by atoms with Gasteiger partial charge in [-0.15, -0.1) is 0 Å². The molecule has 2 aliphatic heterocycles. The molecule has 0 aromatic carbocycles. The Balaban J connectivity index is 1.71. The van der Waals surface area contributed by atoms with E-state index in [0.29, 0.717) is 18.1 Å². The van der Waals surface area contributed by atoms with Crippen LogP contribution in [0.4, 0.5) is 0 Å². The number of rotatable bonds is 4. The molecule has 0 aliphatic carbocycles. The number of piperidine rings is 1. The van der Waals surface area contributed by atoms with Crippen molar-refractivity contribution < 1.29 is 0 Å². The third-order valence-electron chi connectivity index (χ3n) is 5.00.